The van der Waals surface area contributed by atoms with Crippen LogP contribution in [0.3, 0.4) is 0 Å². The third kappa shape index (κ3) is 4.54. The number of carbonyl (C=O) groups is 1. The van der Waals surface area contributed by atoms with E-state index in [0.29, 0.717) is 11.8 Å². The molecule has 0 aliphatic heterocycles. The molecule has 134 valence electrons. The number of hydrogen-bond donors (Lipinski definition) is 1. The Kier molecular flexibility index (Phi) is 5.63. The van der Waals surface area contributed by atoms with Gasteiger partial charge in [-0.15, -0.1) is 10.2 Å². The first-order valence-electron chi connectivity index (χ1n) is 8.66. The molecule has 1 N–H and O–H groups in total. The standard InChI is InChI=1S/C18H24N4O2S/c1-4-22-17(13(3)24-15-8-6-5-7-12(15)2)20-21-18(22)25-11-16(23)19-14-9-10-14/h5-8,13-14H,4,9-11H2,1-3H3,(H,19,23). The number of benzene rings is 1. The predicted molar refractivity (Wildman–Crippen MR) is 97.8 cm³/mol. The number of ether oxygens (including phenoxy) is 1. The van der Waals surface area contributed by atoms with Crippen molar-refractivity contribution in [2.75, 3.05) is 5.75 Å². The van der Waals surface area contributed by atoms with Crippen molar-refractivity contribution in [2.45, 2.75) is 57.5 Å². The van der Waals surface area contributed by atoms with Crippen LogP contribution in [0.1, 0.15) is 44.2 Å². The summed E-state index contributed by atoms with van der Waals surface area (Å²) in [4.78, 5) is 11.9. The van der Waals surface area contributed by atoms with Crippen LogP contribution in [0, 0.1) is 6.92 Å². The summed E-state index contributed by atoms with van der Waals surface area (Å²) in [6.45, 7) is 6.77. The Balaban J connectivity index is 1.66. The number of carbonyl (C=O) groups excluding carboxylic acids is 1. The average molecular weight is 360 g/mol. The lowest BCUT2D eigenvalue weighted by Crippen LogP contribution is -2.27. The number of aromatic nitrogens is 3. The lowest BCUT2D eigenvalue weighted by molar-refractivity contribution is -0.118. The molecule has 2 aromatic rings. The van der Waals surface area contributed by atoms with Crippen molar-refractivity contribution in [1.29, 1.82) is 0 Å². The maximum Gasteiger partial charge on any atom is 0.230 e. The summed E-state index contributed by atoms with van der Waals surface area (Å²) in [5, 5.41) is 12.3. The minimum Gasteiger partial charge on any atom is -0.482 e. The third-order valence-corrected chi connectivity index (χ3v) is 5.06. The quantitative estimate of drug-likeness (QED) is 0.733. The Morgan fingerprint density at radius 1 is 1.40 bits per heavy atom. The number of nitrogens with zero attached hydrogens (tertiary/aromatic N) is 3. The second kappa shape index (κ2) is 7.91. The fourth-order valence-corrected chi connectivity index (χ4v) is 3.38. The summed E-state index contributed by atoms with van der Waals surface area (Å²) >= 11 is 1.42. The van der Waals surface area contributed by atoms with E-state index in [0.717, 1.165) is 41.7 Å². The maximum absolute atomic E-state index is 11.9. The predicted octanol–water partition coefficient (Wildman–Crippen LogP) is 3.12. The van der Waals surface area contributed by atoms with E-state index in [1.165, 1.54) is 11.8 Å². The minimum atomic E-state index is -0.219. The van der Waals surface area contributed by atoms with Gasteiger partial charge in [0, 0.05) is 12.6 Å². The monoisotopic (exact) mass is 360 g/mol. The normalized spacial score (nSPS) is 15.0. The highest BCUT2D eigenvalue weighted by Gasteiger charge is 2.24. The van der Waals surface area contributed by atoms with Gasteiger partial charge in [-0.25, -0.2) is 0 Å². The highest BCUT2D eigenvalue weighted by molar-refractivity contribution is 7.99. The van der Waals surface area contributed by atoms with E-state index in [4.69, 9.17) is 4.74 Å². The van der Waals surface area contributed by atoms with Crippen LogP contribution in [-0.2, 0) is 11.3 Å². The molecule has 0 bridgehead atoms. The molecule has 1 atom stereocenters. The molecule has 0 radical (unpaired) electrons. The largest absolute Gasteiger partial charge is 0.482 e. The van der Waals surface area contributed by atoms with Crippen LogP contribution in [0.15, 0.2) is 29.4 Å². The molecule has 25 heavy (non-hydrogen) atoms. The lowest BCUT2D eigenvalue weighted by atomic mass is 10.2. The van der Waals surface area contributed by atoms with E-state index in [2.05, 4.69) is 15.5 Å². The van der Waals surface area contributed by atoms with Crippen molar-refractivity contribution in [2.24, 2.45) is 0 Å². The van der Waals surface area contributed by atoms with Crippen molar-refractivity contribution >= 4 is 17.7 Å². The van der Waals surface area contributed by atoms with Gasteiger partial charge in [0.25, 0.3) is 0 Å². The molecule has 0 saturated heterocycles. The Morgan fingerprint density at radius 3 is 2.84 bits per heavy atom. The maximum atomic E-state index is 11.9. The fraction of sp³-hybridized carbons (Fsp3) is 0.500. The van der Waals surface area contributed by atoms with E-state index in [9.17, 15) is 4.79 Å². The summed E-state index contributed by atoms with van der Waals surface area (Å²) in [5.41, 5.74) is 1.09. The highest BCUT2D eigenvalue weighted by atomic mass is 32.2. The summed E-state index contributed by atoms with van der Waals surface area (Å²) in [7, 11) is 0. The van der Waals surface area contributed by atoms with Crippen molar-refractivity contribution < 1.29 is 9.53 Å². The first kappa shape index (κ1) is 17.8. The van der Waals surface area contributed by atoms with Gasteiger partial charge >= 0.3 is 0 Å². The molecule has 1 saturated carbocycles. The van der Waals surface area contributed by atoms with Crippen molar-refractivity contribution in [3.8, 4) is 5.75 Å². The zero-order valence-electron chi connectivity index (χ0n) is 14.9. The van der Waals surface area contributed by atoms with E-state index in [1.54, 1.807) is 0 Å². The van der Waals surface area contributed by atoms with Gasteiger partial charge in [0.05, 0.1) is 5.75 Å². The van der Waals surface area contributed by atoms with Crippen molar-refractivity contribution in [3.05, 3.63) is 35.7 Å². The first-order chi connectivity index (χ1) is 12.1. The number of aryl methyl sites for hydroxylation is 1. The third-order valence-electron chi connectivity index (χ3n) is 4.10. The number of amides is 1. The average Bonchev–Trinajstić information content (AvgIpc) is 3.31. The molecule has 1 aromatic carbocycles. The number of rotatable bonds is 8. The summed E-state index contributed by atoms with van der Waals surface area (Å²) in [6, 6.07) is 8.31. The molecule has 3 rings (SSSR count). The number of nitrogens with one attached hydrogen (secondary N) is 1. The van der Waals surface area contributed by atoms with Crippen LogP contribution in [0.5, 0.6) is 5.75 Å². The van der Waals surface area contributed by atoms with Crippen LogP contribution in [-0.4, -0.2) is 32.5 Å². The SMILES string of the molecule is CCn1c(SCC(=O)NC2CC2)nnc1C(C)Oc1ccccc1C. The molecule has 7 heteroatoms. The molecule has 6 nitrogen and oxygen atoms in total. The van der Waals surface area contributed by atoms with Crippen molar-refractivity contribution in [3.63, 3.8) is 0 Å². The van der Waals surface area contributed by atoms with Crippen molar-refractivity contribution in [1.82, 2.24) is 20.1 Å². The summed E-state index contributed by atoms with van der Waals surface area (Å²) < 4.78 is 8.07. The van der Waals surface area contributed by atoms with Crippen LogP contribution in [0.4, 0.5) is 0 Å². The van der Waals surface area contributed by atoms with E-state index in [1.807, 2.05) is 49.6 Å². The van der Waals surface area contributed by atoms with Gasteiger partial charge in [-0.1, -0.05) is 30.0 Å². The topological polar surface area (TPSA) is 69.0 Å². The van der Waals surface area contributed by atoms with Gasteiger partial charge < -0.3 is 14.6 Å². The summed E-state index contributed by atoms with van der Waals surface area (Å²) in [5.74, 6) is 2.04. The van der Waals surface area contributed by atoms with Crippen LogP contribution in [0.25, 0.3) is 0 Å². The molecule has 1 heterocycles. The number of para-hydroxylation sites is 1. The van der Waals surface area contributed by atoms with E-state index < -0.39 is 0 Å². The first-order valence-corrected chi connectivity index (χ1v) is 9.64. The lowest BCUT2D eigenvalue weighted by Gasteiger charge is -2.16. The molecule has 1 aliphatic rings. The zero-order valence-corrected chi connectivity index (χ0v) is 15.7. The zero-order chi connectivity index (χ0) is 17.8. The summed E-state index contributed by atoms with van der Waals surface area (Å²) in [6.07, 6.45) is 1.97. The Hall–Kier alpha value is -2.02. The van der Waals surface area contributed by atoms with Gasteiger partial charge in [-0.05, 0) is 45.2 Å². The molecule has 1 fully saturated rings. The van der Waals surface area contributed by atoms with Gasteiger partial charge in [0.15, 0.2) is 17.1 Å². The van der Waals surface area contributed by atoms with E-state index in [-0.39, 0.29) is 12.0 Å². The minimum absolute atomic E-state index is 0.0592. The smallest absolute Gasteiger partial charge is 0.230 e. The molecular weight excluding hydrogens is 336 g/mol. The molecule has 1 unspecified atom stereocenters. The van der Waals surface area contributed by atoms with Gasteiger partial charge in [-0.2, -0.15) is 0 Å². The van der Waals surface area contributed by atoms with Gasteiger partial charge in [-0.3, -0.25) is 4.79 Å². The second-order valence-corrected chi connectivity index (χ2v) is 7.18. The Bertz CT molecular complexity index is 742. The van der Waals surface area contributed by atoms with Gasteiger partial charge in [0.2, 0.25) is 5.91 Å². The second-order valence-electron chi connectivity index (χ2n) is 6.24. The number of thioether (sulfide) groups is 1. The number of hydrogen-bond acceptors (Lipinski definition) is 5. The van der Waals surface area contributed by atoms with E-state index >= 15 is 0 Å². The fourth-order valence-electron chi connectivity index (χ4n) is 2.56. The molecule has 1 aromatic heterocycles. The Labute approximate surface area is 152 Å². The molecule has 1 aliphatic carbocycles. The highest BCUT2D eigenvalue weighted by Crippen LogP contribution is 2.26. The van der Waals surface area contributed by atoms with Crippen LogP contribution in [0.2, 0.25) is 0 Å². The molecular formula is C18H24N4O2S. The van der Waals surface area contributed by atoms with Gasteiger partial charge in [0.1, 0.15) is 5.75 Å². The molecule has 1 amide bonds. The van der Waals surface area contributed by atoms with Crippen LogP contribution >= 0.6 is 11.8 Å². The Morgan fingerprint density at radius 2 is 2.16 bits per heavy atom. The van der Waals surface area contributed by atoms with Crippen LogP contribution < -0.4 is 10.1 Å². The molecule has 0 spiro atoms.